The van der Waals surface area contributed by atoms with Crippen LogP contribution in [-0.4, -0.2) is 31.0 Å². The first-order chi connectivity index (χ1) is 12.3. The minimum Gasteiger partial charge on any atom is -0.289 e. The molecule has 5 nitrogen and oxygen atoms in total. The third-order valence-corrected chi connectivity index (χ3v) is 7.32. The smallest absolute Gasteiger partial charge is 0.261 e. The fraction of sp³-hybridized carbons (Fsp3) is 0.389. The molecule has 0 aliphatic heterocycles. The third-order valence-electron chi connectivity index (χ3n) is 4.16. The van der Waals surface area contributed by atoms with Crippen LogP contribution in [0, 0.1) is 0 Å². The maximum Gasteiger partial charge on any atom is 0.261 e. The SMILES string of the molecule is CS(=O)(=O)C(CCCCCc1ccc(-c2ccc(Br)s2)cc1)C(=O)NO. The number of hydrogen-bond acceptors (Lipinski definition) is 5. The van der Waals surface area contributed by atoms with E-state index in [2.05, 4.69) is 46.3 Å². The molecule has 2 aromatic rings. The Morgan fingerprint density at radius 1 is 1.15 bits per heavy atom. The normalized spacial score (nSPS) is 12.7. The summed E-state index contributed by atoms with van der Waals surface area (Å²) in [7, 11) is -3.52. The summed E-state index contributed by atoms with van der Waals surface area (Å²) >= 11 is 5.17. The monoisotopic (exact) mass is 459 g/mol. The van der Waals surface area contributed by atoms with Crippen molar-refractivity contribution >= 4 is 43.0 Å². The van der Waals surface area contributed by atoms with Gasteiger partial charge < -0.3 is 0 Å². The van der Waals surface area contributed by atoms with Gasteiger partial charge in [-0.2, -0.15) is 0 Å². The molecule has 0 bridgehead atoms. The molecule has 1 aromatic carbocycles. The number of unbranched alkanes of at least 4 members (excludes halogenated alkanes) is 2. The van der Waals surface area contributed by atoms with Crippen molar-refractivity contribution in [1.82, 2.24) is 5.48 Å². The molecule has 0 aliphatic rings. The van der Waals surface area contributed by atoms with Crippen LogP contribution in [0.4, 0.5) is 0 Å². The highest BCUT2D eigenvalue weighted by atomic mass is 79.9. The zero-order chi connectivity index (χ0) is 19.2. The number of amides is 1. The number of benzene rings is 1. The zero-order valence-electron chi connectivity index (χ0n) is 14.4. The third kappa shape index (κ3) is 6.19. The van der Waals surface area contributed by atoms with Crippen LogP contribution >= 0.6 is 27.3 Å². The molecule has 0 saturated carbocycles. The Hall–Kier alpha value is -1.22. The van der Waals surface area contributed by atoms with Crippen LogP contribution in [0.5, 0.6) is 0 Å². The maximum absolute atomic E-state index is 11.6. The topological polar surface area (TPSA) is 83.5 Å². The summed E-state index contributed by atoms with van der Waals surface area (Å²) in [6.07, 6.45) is 4.50. The van der Waals surface area contributed by atoms with E-state index in [-0.39, 0.29) is 6.42 Å². The Bertz CT molecular complexity index is 831. The average molecular weight is 460 g/mol. The molecule has 8 heteroatoms. The van der Waals surface area contributed by atoms with Crippen molar-refractivity contribution in [3.8, 4) is 10.4 Å². The zero-order valence-corrected chi connectivity index (χ0v) is 17.7. The van der Waals surface area contributed by atoms with Gasteiger partial charge in [0.2, 0.25) is 0 Å². The van der Waals surface area contributed by atoms with Gasteiger partial charge in [-0.05, 0) is 58.5 Å². The lowest BCUT2D eigenvalue weighted by Gasteiger charge is -2.12. The molecule has 0 aliphatic carbocycles. The molecule has 2 rings (SSSR count). The van der Waals surface area contributed by atoms with E-state index in [1.807, 2.05) is 6.07 Å². The molecule has 0 saturated heterocycles. The Morgan fingerprint density at radius 3 is 2.38 bits per heavy atom. The number of halogens is 1. The number of hydroxylamine groups is 1. The molecule has 1 unspecified atom stereocenters. The van der Waals surface area contributed by atoms with Gasteiger partial charge in [0.15, 0.2) is 9.84 Å². The molecule has 1 heterocycles. The number of carbonyl (C=O) groups excluding carboxylic acids is 1. The second kappa shape index (κ2) is 9.64. The number of nitrogens with one attached hydrogen (secondary N) is 1. The van der Waals surface area contributed by atoms with E-state index in [1.54, 1.807) is 11.3 Å². The van der Waals surface area contributed by atoms with E-state index in [9.17, 15) is 13.2 Å². The molecule has 2 N–H and O–H groups in total. The van der Waals surface area contributed by atoms with Crippen LogP contribution in [-0.2, 0) is 21.1 Å². The summed E-state index contributed by atoms with van der Waals surface area (Å²) in [6, 6.07) is 12.6. The van der Waals surface area contributed by atoms with Crippen molar-refractivity contribution in [3.05, 3.63) is 45.7 Å². The summed E-state index contributed by atoms with van der Waals surface area (Å²) in [5, 5.41) is 7.48. The predicted octanol–water partition coefficient (Wildman–Crippen LogP) is 4.20. The van der Waals surface area contributed by atoms with Gasteiger partial charge in [-0.15, -0.1) is 11.3 Å². The fourth-order valence-electron chi connectivity index (χ4n) is 2.75. The first-order valence-electron chi connectivity index (χ1n) is 8.28. The molecule has 0 radical (unpaired) electrons. The highest BCUT2D eigenvalue weighted by molar-refractivity contribution is 9.11. The van der Waals surface area contributed by atoms with E-state index < -0.39 is 21.0 Å². The van der Waals surface area contributed by atoms with Crippen LogP contribution in [0.25, 0.3) is 10.4 Å². The number of aryl methyl sites for hydroxylation is 1. The first-order valence-corrected chi connectivity index (χ1v) is 11.8. The minimum absolute atomic E-state index is 0.220. The number of carbonyl (C=O) groups is 1. The van der Waals surface area contributed by atoms with Gasteiger partial charge >= 0.3 is 0 Å². The summed E-state index contributed by atoms with van der Waals surface area (Å²) < 4.78 is 24.3. The van der Waals surface area contributed by atoms with Crippen molar-refractivity contribution in [2.24, 2.45) is 0 Å². The van der Waals surface area contributed by atoms with Gasteiger partial charge in [-0.3, -0.25) is 10.0 Å². The van der Waals surface area contributed by atoms with Crippen LogP contribution in [0.1, 0.15) is 31.2 Å². The number of sulfone groups is 1. The van der Waals surface area contributed by atoms with Gasteiger partial charge in [0.25, 0.3) is 5.91 Å². The second-order valence-electron chi connectivity index (χ2n) is 6.19. The first kappa shape index (κ1) is 21.1. The van der Waals surface area contributed by atoms with E-state index in [4.69, 9.17) is 5.21 Å². The number of hydrogen-bond donors (Lipinski definition) is 2. The van der Waals surface area contributed by atoms with Gasteiger partial charge in [-0.1, -0.05) is 37.1 Å². The van der Waals surface area contributed by atoms with Gasteiger partial charge in [0, 0.05) is 11.1 Å². The van der Waals surface area contributed by atoms with E-state index >= 15 is 0 Å². The molecule has 1 amide bonds. The standard InChI is InChI=1S/C18H22BrNO4S2/c1-26(23,24)16(18(21)20-22)6-4-2-3-5-13-7-9-14(10-8-13)15-11-12-17(19)25-15/h7-12,16,22H,2-6H2,1H3,(H,20,21). The van der Waals surface area contributed by atoms with Crippen LogP contribution in [0.2, 0.25) is 0 Å². The van der Waals surface area contributed by atoms with Crippen molar-refractivity contribution in [2.45, 2.75) is 37.4 Å². The largest absolute Gasteiger partial charge is 0.289 e. The van der Waals surface area contributed by atoms with Gasteiger partial charge in [0.05, 0.1) is 3.79 Å². The average Bonchev–Trinajstić information content (AvgIpc) is 3.03. The van der Waals surface area contributed by atoms with Crippen LogP contribution in [0.3, 0.4) is 0 Å². The number of rotatable bonds is 9. The van der Waals surface area contributed by atoms with Gasteiger partial charge in [-0.25, -0.2) is 13.9 Å². The molecule has 0 spiro atoms. The molecule has 0 fully saturated rings. The van der Waals surface area contributed by atoms with Gasteiger partial charge in [0.1, 0.15) is 5.25 Å². The fourth-order valence-corrected chi connectivity index (χ4v) is 5.18. The maximum atomic E-state index is 11.6. The predicted molar refractivity (Wildman–Crippen MR) is 108 cm³/mol. The molecular formula is C18H22BrNO4S2. The van der Waals surface area contributed by atoms with E-state index in [0.717, 1.165) is 29.3 Å². The molecule has 1 aromatic heterocycles. The summed E-state index contributed by atoms with van der Waals surface area (Å²) in [5.41, 5.74) is 3.86. The lowest BCUT2D eigenvalue weighted by atomic mass is 10.0. The highest BCUT2D eigenvalue weighted by Crippen LogP contribution is 2.31. The molecular weight excluding hydrogens is 438 g/mol. The number of thiophene rings is 1. The summed E-state index contributed by atoms with van der Waals surface area (Å²) in [4.78, 5) is 12.7. The lowest BCUT2D eigenvalue weighted by molar-refractivity contribution is -0.128. The molecule has 26 heavy (non-hydrogen) atoms. The highest BCUT2D eigenvalue weighted by Gasteiger charge is 2.27. The Kier molecular flexibility index (Phi) is 7.82. The molecule has 142 valence electrons. The second-order valence-corrected chi connectivity index (χ2v) is 10.9. The van der Waals surface area contributed by atoms with Crippen LogP contribution < -0.4 is 5.48 Å². The Labute approximate surface area is 166 Å². The van der Waals surface area contributed by atoms with Crippen molar-refractivity contribution in [2.75, 3.05) is 6.26 Å². The van der Waals surface area contributed by atoms with Crippen molar-refractivity contribution in [1.29, 1.82) is 0 Å². The summed E-state index contributed by atoms with van der Waals surface area (Å²) in [5.74, 6) is -0.858. The Balaban J connectivity index is 1.78. The van der Waals surface area contributed by atoms with Crippen molar-refractivity contribution in [3.63, 3.8) is 0 Å². The quantitative estimate of drug-likeness (QED) is 0.334. The van der Waals surface area contributed by atoms with E-state index in [0.29, 0.717) is 6.42 Å². The summed E-state index contributed by atoms with van der Waals surface area (Å²) in [6.45, 7) is 0. The van der Waals surface area contributed by atoms with Crippen molar-refractivity contribution < 1.29 is 18.4 Å². The molecule has 1 atom stereocenters. The van der Waals surface area contributed by atoms with Crippen LogP contribution in [0.15, 0.2) is 40.2 Å². The van der Waals surface area contributed by atoms with E-state index in [1.165, 1.54) is 21.5 Å². The Morgan fingerprint density at radius 2 is 1.85 bits per heavy atom. The minimum atomic E-state index is -3.52. The lowest BCUT2D eigenvalue weighted by Crippen LogP contribution is -2.37.